The predicted octanol–water partition coefficient (Wildman–Crippen LogP) is 14.9. The summed E-state index contributed by atoms with van der Waals surface area (Å²) in [6.07, 6.45) is 1.94. The Morgan fingerprint density at radius 3 is 1.85 bits per heavy atom. The van der Waals surface area contributed by atoms with E-state index in [1.807, 2.05) is 6.20 Å². The maximum Gasteiger partial charge on any atom is 0.225 e. The minimum atomic E-state index is -0.0190. The Kier molecular flexibility index (Phi) is 8.05. The molecule has 2 aliphatic rings. The van der Waals surface area contributed by atoms with E-state index in [9.17, 15) is 0 Å². The van der Waals surface area contributed by atoms with E-state index < -0.39 is 0 Å². The van der Waals surface area contributed by atoms with Crippen molar-refractivity contribution in [2.45, 2.75) is 78.6 Å². The fourth-order valence-corrected chi connectivity index (χ4v) is 9.17. The van der Waals surface area contributed by atoms with Crippen LogP contribution in [0.25, 0.3) is 38.8 Å². The molecule has 0 radical (unpaired) electrons. The standard InChI is InChI=1S/C54H53N4O/c1-52(2,3)38-22-25-47-46(31-38)45-24-23-44(34-48(45)56(47)51-32-39(26-27-55-51)53(4,5)6)59-43-19-15-18-41(33-43)57-35-58(57,50-21-14-13-20-49(50)57)42-29-37(36-16-11-10-12-17-36)28-40(30-42)54(7,8)9/h10-35H,1-9H3/q+1/t57?,58-/m0/s1. The summed E-state index contributed by atoms with van der Waals surface area (Å²) < 4.78 is 10.4. The predicted molar refractivity (Wildman–Crippen MR) is 247 cm³/mol. The lowest BCUT2D eigenvalue weighted by atomic mass is 9.84. The van der Waals surface area contributed by atoms with Crippen molar-refractivity contribution in [1.82, 2.24) is 18.7 Å². The molecule has 2 aliphatic heterocycles. The minimum Gasteiger partial charge on any atom is -0.457 e. The summed E-state index contributed by atoms with van der Waals surface area (Å²) >= 11 is 0. The molecule has 1 unspecified atom stereocenters. The summed E-state index contributed by atoms with van der Waals surface area (Å²) in [4.78, 5) is 4.95. The Morgan fingerprint density at radius 2 is 1.14 bits per heavy atom. The molecule has 2 aromatic heterocycles. The van der Waals surface area contributed by atoms with E-state index >= 15 is 0 Å². The van der Waals surface area contributed by atoms with Crippen molar-refractivity contribution in [2.75, 3.05) is 0 Å². The van der Waals surface area contributed by atoms with Crippen molar-refractivity contribution in [1.29, 1.82) is 0 Å². The van der Waals surface area contributed by atoms with E-state index in [0.29, 0.717) is 9.18 Å². The van der Waals surface area contributed by atoms with Crippen molar-refractivity contribution in [3.05, 3.63) is 175 Å². The van der Waals surface area contributed by atoms with Gasteiger partial charge < -0.3 is 4.74 Å². The van der Waals surface area contributed by atoms with Crippen LogP contribution < -0.4 is 13.9 Å². The molecule has 0 bridgehead atoms. The number of hydrogen-bond acceptors (Lipinski definition) is 2. The maximum absolute atomic E-state index is 6.86. The first kappa shape index (κ1) is 37.3. The van der Waals surface area contributed by atoms with Crippen LogP contribution in [-0.4, -0.2) is 9.55 Å². The second-order valence-electron chi connectivity index (χ2n) is 19.6. The van der Waals surface area contributed by atoms with E-state index in [-0.39, 0.29) is 16.2 Å². The Balaban J connectivity index is 1.07. The molecule has 2 atom stereocenters. The Labute approximate surface area is 348 Å². The number of para-hydroxylation sites is 2. The Hall–Kier alpha value is -6.01. The van der Waals surface area contributed by atoms with Gasteiger partial charge in [-0.2, -0.15) is 9.18 Å². The summed E-state index contributed by atoms with van der Waals surface area (Å²) in [6.45, 7) is 22.9. The van der Waals surface area contributed by atoms with E-state index in [2.05, 4.69) is 219 Å². The first-order valence-corrected chi connectivity index (χ1v) is 20.9. The zero-order valence-electron chi connectivity index (χ0n) is 35.7. The number of pyridine rings is 1. The quantitative estimate of drug-likeness (QED) is 0.0956. The molecule has 10 rings (SSSR count). The van der Waals surface area contributed by atoms with Crippen molar-refractivity contribution in [2.24, 2.45) is 0 Å². The molecule has 0 spiro atoms. The molecule has 1 saturated heterocycles. The number of fused-ring (bicyclic) bond motifs is 7. The van der Waals surface area contributed by atoms with Crippen LogP contribution in [0.2, 0.25) is 0 Å². The zero-order valence-corrected chi connectivity index (χ0v) is 35.7. The lowest BCUT2D eigenvalue weighted by Crippen LogP contribution is -2.46. The van der Waals surface area contributed by atoms with Gasteiger partial charge in [-0.15, -0.1) is 0 Å². The highest BCUT2D eigenvalue weighted by Crippen LogP contribution is 2.75. The number of quaternary nitrogens is 2. The lowest BCUT2D eigenvalue weighted by Gasteiger charge is -2.40. The third kappa shape index (κ3) is 5.78. The second-order valence-corrected chi connectivity index (χ2v) is 19.6. The third-order valence-corrected chi connectivity index (χ3v) is 12.6. The van der Waals surface area contributed by atoms with Crippen molar-refractivity contribution < 1.29 is 4.74 Å². The smallest absolute Gasteiger partial charge is 0.225 e. The molecule has 0 N–H and O–H groups in total. The highest BCUT2D eigenvalue weighted by atomic mass is 16.5. The fourth-order valence-electron chi connectivity index (χ4n) is 9.17. The van der Waals surface area contributed by atoms with Crippen LogP contribution in [0, 0.1) is 6.67 Å². The fraction of sp³-hybridized carbons (Fsp3) is 0.222. The van der Waals surface area contributed by atoms with Crippen LogP contribution in [0.3, 0.4) is 0 Å². The van der Waals surface area contributed by atoms with E-state index in [4.69, 9.17) is 9.72 Å². The highest BCUT2D eigenvalue weighted by Gasteiger charge is 2.78. The molecule has 8 aromatic rings. The molecular formula is C54H53N4O+. The molecule has 5 nitrogen and oxygen atoms in total. The number of benzene rings is 6. The molecule has 0 aliphatic carbocycles. The first-order valence-electron chi connectivity index (χ1n) is 20.9. The molecule has 0 amide bonds. The Bertz CT molecular complexity index is 2960. The van der Waals surface area contributed by atoms with Gasteiger partial charge in [-0.1, -0.05) is 123 Å². The van der Waals surface area contributed by atoms with Crippen LogP contribution in [0.5, 0.6) is 11.5 Å². The SMILES string of the molecule is CC(C)(C)c1cc(-c2ccccc2)cc([N@+]23[CH-][N+]2(c2cccc(Oc4ccc5c6cc(C(C)(C)C)ccc6n(-c6cc(C(C)(C)C)ccn6)c5c4)c2)c2ccccc23)c1. The number of nitrogens with zero attached hydrogens (tertiary/aromatic N) is 4. The van der Waals surface area contributed by atoms with Gasteiger partial charge in [0.05, 0.1) is 11.0 Å². The van der Waals surface area contributed by atoms with Crippen LogP contribution in [-0.2, 0) is 16.2 Å². The van der Waals surface area contributed by atoms with Crippen molar-refractivity contribution >= 4 is 44.6 Å². The number of aromatic nitrogens is 2. The van der Waals surface area contributed by atoms with Gasteiger partial charge in [0.1, 0.15) is 17.3 Å². The van der Waals surface area contributed by atoms with Gasteiger partial charge >= 0.3 is 0 Å². The maximum atomic E-state index is 6.86. The lowest BCUT2D eigenvalue weighted by molar-refractivity contribution is 0.423. The van der Waals surface area contributed by atoms with E-state index in [1.54, 1.807) is 0 Å². The molecular weight excluding hydrogens is 721 g/mol. The average Bonchev–Trinajstić information content (AvgIpc) is 3.71. The van der Waals surface area contributed by atoms with Crippen LogP contribution in [0.1, 0.15) is 79.0 Å². The molecule has 4 heterocycles. The molecule has 0 saturated carbocycles. The average molecular weight is 774 g/mol. The first-order chi connectivity index (χ1) is 28.1. The third-order valence-electron chi connectivity index (χ3n) is 12.6. The van der Waals surface area contributed by atoms with E-state index in [1.165, 1.54) is 55.7 Å². The topological polar surface area (TPSA) is 27.1 Å². The number of hydrogen-bond donors (Lipinski definition) is 0. The van der Waals surface area contributed by atoms with Gasteiger partial charge in [0.2, 0.25) is 11.4 Å². The molecule has 6 aromatic carbocycles. The monoisotopic (exact) mass is 773 g/mol. The summed E-state index contributed by atoms with van der Waals surface area (Å²) in [5, 5.41) is 2.40. The summed E-state index contributed by atoms with van der Waals surface area (Å²) in [5.41, 5.74) is 13.6. The van der Waals surface area contributed by atoms with Gasteiger partial charge in [0.15, 0.2) is 18.0 Å². The largest absolute Gasteiger partial charge is 0.457 e. The zero-order chi connectivity index (χ0) is 41.1. The highest BCUT2D eigenvalue weighted by molar-refractivity contribution is 6.10. The van der Waals surface area contributed by atoms with Gasteiger partial charge in [-0.05, 0) is 86.5 Å². The summed E-state index contributed by atoms with van der Waals surface area (Å²) in [7, 11) is 0. The van der Waals surface area contributed by atoms with Gasteiger partial charge in [0.25, 0.3) is 0 Å². The van der Waals surface area contributed by atoms with E-state index in [0.717, 1.165) is 34.0 Å². The Morgan fingerprint density at radius 1 is 0.475 bits per heavy atom. The molecule has 59 heavy (non-hydrogen) atoms. The second kappa shape index (κ2) is 12.7. The van der Waals surface area contributed by atoms with Gasteiger partial charge in [-0.3, -0.25) is 4.57 Å². The molecule has 1 fully saturated rings. The normalized spacial score (nSPS) is 18.7. The van der Waals surface area contributed by atoms with Gasteiger partial charge in [0, 0.05) is 59.4 Å². The number of rotatable bonds is 6. The van der Waals surface area contributed by atoms with Crippen LogP contribution >= 0.6 is 0 Å². The van der Waals surface area contributed by atoms with Crippen molar-refractivity contribution in [3.63, 3.8) is 0 Å². The molecule has 294 valence electrons. The van der Waals surface area contributed by atoms with Gasteiger partial charge in [-0.25, -0.2) is 4.98 Å². The van der Waals surface area contributed by atoms with Crippen molar-refractivity contribution in [3.8, 4) is 28.4 Å². The summed E-state index contributed by atoms with van der Waals surface area (Å²) in [6, 6.07) is 53.2. The number of ether oxygens (including phenoxy) is 1. The minimum absolute atomic E-state index is 0.0109. The van der Waals surface area contributed by atoms with Crippen LogP contribution in [0.4, 0.5) is 22.7 Å². The van der Waals surface area contributed by atoms with Crippen LogP contribution in [0.15, 0.2) is 152 Å². The molecule has 5 heteroatoms. The summed E-state index contributed by atoms with van der Waals surface area (Å²) in [5.74, 6) is 2.49.